The van der Waals surface area contributed by atoms with Crippen molar-refractivity contribution < 1.29 is 9.53 Å². The highest BCUT2D eigenvalue weighted by atomic mass is 35.5. The van der Waals surface area contributed by atoms with E-state index in [0.717, 1.165) is 6.42 Å². The quantitative estimate of drug-likeness (QED) is 0.851. The minimum absolute atomic E-state index is 0. The molecule has 0 aliphatic carbocycles. The van der Waals surface area contributed by atoms with Gasteiger partial charge in [0.05, 0.1) is 0 Å². The summed E-state index contributed by atoms with van der Waals surface area (Å²) in [5.41, 5.74) is 6.72. The normalized spacial score (nSPS) is 18.3. The van der Waals surface area contributed by atoms with Crippen LogP contribution >= 0.6 is 24.8 Å². The highest BCUT2D eigenvalue weighted by Crippen LogP contribution is 2.29. The molecule has 0 radical (unpaired) electrons. The Bertz CT molecular complexity index is 726. The van der Waals surface area contributed by atoms with Crippen LogP contribution in [0.1, 0.15) is 30.6 Å². The van der Waals surface area contributed by atoms with Crippen LogP contribution in [0.15, 0.2) is 48.8 Å². The van der Waals surface area contributed by atoms with Gasteiger partial charge < -0.3 is 15.4 Å². The van der Waals surface area contributed by atoms with E-state index >= 15 is 0 Å². The minimum atomic E-state index is -0.0704. The molecule has 1 amide bonds. The summed E-state index contributed by atoms with van der Waals surface area (Å²) in [5.74, 6) is 1.36. The molecule has 1 fully saturated rings. The molecule has 7 heteroatoms. The monoisotopic (exact) mass is 397 g/mol. The summed E-state index contributed by atoms with van der Waals surface area (Å²) in [7, 11) is 0. The molecule has 3 rings (SSSR count). The van der Waals surface area contributed by atoms with Crippen LogP contribution in [0.3, 0.4) is 0 Å². The van der Waals surface area contributed by atoms with Gasteiger partial charge in [0.15, 0.2) is 0 Å². The molecular formula is C19H25Cl2N3O2. The van der Waals surface area contributed by atoms with Crippen LogP contribution in [0.25, 0.3) is 0 Å². The maximum atomic E-state index is 12.8. The molecule has 1 saturated heterocycles. The SMILES string of the molecule is CC1(C)CN(C(=O)c2cccc(Oc3ccncc3)c2)CCC1N.Cl.Cl. The van der Waals surface area contributed by atoms with Gasteiger partial charge in [-0.05, 0) is 42.2 Å². The lowest BCUT2D eigenvalue weighted by Gasteiger charge is -2.42. The van der Waals surface area contributed by atoms with Crippen LogP contribution < -0.4 is 10.5 Å². The fourth-order valence-electron chi connectivity index (χ4n) is 2.96. The zero-order chi connectivity index (χ0) is 17.2. The van der Waals surface area contributed by atoms with E-state index in [2.05, 4.69) is 18.8 Å². The number of carbonyl (C=O) groups is 1. The van der Waals surface area contributed by atoms with Crippen LogP contribution in [0.4, 0.5) is 0 Å². The average molecular weight is 398 g/mol. The standard InChI is InChI=1S/C19H23N3O2.2ClH/c1-19(2)13-22(11-8-17(19)20)18(23)14-4-3-5-16(12-14)24-15-6-9-21-10-7-15;;/h3-7,9-10,12,17H,8,11,13,20H2,1-2H3;2*1H. The molecule has 2 N–H and O–H groups in total. The number of hydrogen-bond donors (Lipinski definition) is 1. The first kappa shape index (κ1) is 22.2. The third kappa shape index (κ3) is 5.10. The van der Waals surface area contributed by atoms with Crippen LogP contribution in [0.2, 0.25) is 0 Å². The Morgan fingerprint density at radius 3 is 2.54 bits per heavy atom. The van der Waals surface area contributed by atoms with Crippen LogP contribution in [0.5, 0.6) is 11.5 Å². The molecule has 2 aromatic rings. The van der Waals surface area contributed by atoms with Gasteiger partial charge in [-0.15, -0.1) is 24.8 Å². The summed E-state index contributed by atoms with van der Waals surface area (Å²) in [5, 5.41) is 0. The number of carbonyl (C=O) groups excluding carboxylic acids is 1. The third-order valence-electron chi connectivity index (χ3n) is 4.57. The number of nitrogens with two attached hydrogens (primary N) is 1. The summed E-state index contributed by atoms with van der Waals surface area (Å²) in [4.78, 5) is 18.7. The lowest BCUT2D eigenvalue weighted by molar-refractivity contribution is 0.0532. The van der Waals surface area contributed by atoms with E-state index in [0.29, 0.717) is 30.2 Å². The molecule has 2 heterocycles. The van der Waals surface area contributed by atoms with Gasteiger partial charge in [-0.25, -0.2) is 0 Å². The molecule has 1 aliphatic heterocycles. The Morgan fingerprint density at radius 2 is 1.88 bits per heavy atom. The molecule has 1 aromatic heterocycles. The van der Waals surface area contributed by atoms with Gasteiger partial charge in [0.25, 0.3) is 5.91 Å². The van der Waals surface area contributed by atoms with Gasteiger partial charge >= 0.3 is 0 Å². The fraction of sp³-hybridized carbons (Fsp3) is 0.368. The van der Waals surface area contributed by atoms with Crippen molar-refractivity contribution in [2.24, 2.45) is 11.1 Å². The number of halogens is 2. The molecular weight excluding hydrogens is 373 g/mol. The van der Waals surface area contributed by atoms with Crippen LogP contribution in [-0.2, 0) is 0 Å². The van der Waals surface area contributed by atoms with Crippen molar-refractivity contribution in [3.63, 3.8) is 0 Å². The van der Waals surface area contributed by atoms with E-state index in [9.17, 15) is 4.79 Å². The summed E-state index contributed by atoms with van der Waals surface area (Å²) >= 11 is 0. The summed E-state index contributed by atoms with van der Waals surface area (Å²) < 4.78 is 5.78. The first-order valence-corrected chi connectivity index (χ1v) is 8.18. The molecule has 0 saturated carbocycles. The zero-order valence-electron chi connectivity index (χ0n) is 14.9. The molecule has 1 atom stereocenters. The van der Waals surface area contributed by atoms with Gasteiger partial charge in [-0.2, -0.15) is 0 Å². The molecule has 5 nitrogen and oxygen atoms in total. The summed E-state index contributed by atoms with van der Waals surface area (Å²) in [6.07, 6.45) is 4.17. The average Bonchev–Trinajstić information content (AvgIpc) is 2.58. The predicted molar refractivity (Wildman–Crippen MR) is 108 cm³/mol. The Kier molecular flexibility index (Phi) is 7.87. The molecule has 142 valence electrons. The second-order valence-corrected chi connectivity index (χ2v) is 6.92. The Balaban J connectivity index is 0.00000169. The Labute approximate surface area is 166 Å². The van der Waals surface area contributed by atoms with Crippen LogP contribution in [0, 0.1) is 5.41 Å². The molecule has 1 aromatic carbocycles. The van der Waals surface area contributed by atoms with Crippen LogP contribution in [-0.4, -0.2) is 34.9 Å². The van der Waals surface area contributed by atoms with E-state index in [1.807, 2.05) is 23.1 Å². The van der Waals surface area contributed by atoms with Crippen molar-refractivity contribution in [2.75, 3.05) is 13.1 Å². The number of piperidine rings is 1. The molecule has 0 spiro atoms. The van der Waals surface area contributed by atoms with E-state index < -0.39 is 0 Å². The van der Waals surface area contributed by atoms with Crippen molar-refractivity contribution in [1.29, 1.82) is 0 Å². The van der Waals surface area contributed by atoms with E-state index in [-0.39, 0.29) is 42.2 Å². The van der Waals surface area contributed by atoms with Gasteiger partial charge in [-0.1, -0.05) is 19.9 Å². The third-order valence-corrected chi connectivity index (χ3v) is 4.57. The second-order valence-electron chi connectivity index (χ2n) is 6.92. The van der Waals surface area contributed by atoms with Crippen molar-refractivity contribution >= 4 is 30.7 Å². The van der Waals surface area contributed by atoms with Crippen molar-refractivity contribution in [2.45, 2.75) is 26.3 Å². The molecule has 1 unspecified atom stereocenters. The summed E-state index contributed by atoms with van der Waals surface area (Å²) in [6.45, 7) is 5.58. The highest BCUT2D eigenvalue weighted by Gasteiger charge is 2.35. The van der Waals surface area contributed by atoms with Gasteiger partial charge in [0.1, 0.15) is 11.5 Å². The molecule has 1 aliphatic rings. The van der Waals surface area contributed by atoms with Gasteiger partial charge in [0.2, 0.25) is 0 Å². The lowest BCUT2D eigenvalue weighted by Crippen LogP contribution is -2.53. The number of amides is 1. The smallest absolute Gasteiger partial charge is 0.254 e. The summed E-state index contributed by atoms with van der Waals surface area (Å²) in [6, 6.07) is 11.0. The maximum Gasteiger partial charge on any atom is 0.254 e. The predicted octanol–water partition coefficient (Wildman–Crippen LogP) is 3.92. The maximum absolute atomic E-state index is 12.8. The number of nitrogens with zero attached hydrogens (tertiary/aromatic N) is 2. The van der Waals surface area contributed by atoms with Gasteiger partial charge in [0, 0.05) is 37.1 Å². The Morgan fingerprint density at radius 1 is 1.19 bits per heavy atom. The number of benzene rings is 1. The zero-order valence-corrected chi connectivity index (χ0v) is 16.6. The van der Waals surface area contributed by atoms with Crippen molar-refractivity contribution in [3.05, 3.63) is 54.4 Å². The van der Waals surface area contributed by atoms with E-state index in [1.54, 1.807) is 30.6 Å². The minimum Gasteiger partial charge on any atom is -0.457 e. The first-order chi connectivity index (χ1) is 11.5. The van der Waals surface area contributed by atoms with E-state index in [4.69, 9.17) is 10.5 Å². The van der Waals surface area contributed by atoms with Crippen molar-refractivity contribution in [1.82, 2.24) is 9.88 Å². The highest BCUT2D eigenvalue weighted by molar-refractivity contribution is 5.94. The van der Waals surface area contributed by atoms with Gasteiger partial charge in [-0.3, -0.25) is 9.78 Å². The van der Waals surface area contributed by atoms with E-state index in [1.165, 1.54) is 0 Å². The number of aromatic nitrogens is 1. The second kappa shape index (κ2) is 9.21. The molecule has 26 heavy (non-hydrogen) atoms. The number of ether oxygens (including phenoxy) is 1. The fourth-order valence-corrected chi connectivity index (χ4v) is 2.96. The number of likely N-dealkylation sites (tertiary alicyclic amines) is 1. The largest absolute Gasteiger partial charge is 0.457 e. The van der Waals surface area contributed by atoms with Crippen molar-refractivity contribution in [3.8, 4) is 11.5 Å². The number of rotatable bonds is 3. The first-order valence-electron chi connectivity index (χ1n) is 8.18. The number of hydrogen-bond acceptors (Lipinski definition) is 4. The lowest BCUT2D eigenvalue weighted by atomic mass is 9.79. The Hall–Kier alpha value is -1.82. The topological polar surface area (TPSA) is 68.5 Å². The molecule has 0 bridgehead atoms. The number of pyridine rings is 1.